The minimum absolute atomic E-state index is 0.0894. The minimum Gasteiger partial charge on any atom is -0.375 e. The van der Waals surface area contributed by atoms with Crippen LogP contribution in [0.5, 0.6) is 0 Å². The van der Waals surface area contributed by atoms with Crippen molar-refractivity contribution >= 4 is 5.91 Å². The Bertz CT molecular complexity index is 752. The quantitative estimate of drug-likeness (QED) is 0.903. The Morgan fingerprint density at radius 1 is 1.08 bits per heavy atom. The fourth-order valence-electron chi connectivity index (χ4n) is 2.09. The van der Waals surface area contributed by atoms with Gasteiger partial charge in [0.15, 0.2) is 0 Å². The molecule has 0 fully saturated rings. The zero-order chi connectivity index (χ0) is 17.8. The number of amides is 1. The molecule has 2 aromatic rings. The number of hydrogen-bond donors (Lipinski definition) is 2. The van der Waals surface area contributed by atoms with Crippen molar-refractivity contribution in [2.75, 3.05) is 6.54 Å². The highest BCUT2D eigenvalue weighted by atomic mass is 19.4. The van der Waals surface area contributed by atoms with Crippen molar-refractivity contribution in [2.24, 2.45) is 0 Å². The molecule has 7 heteroatoms. The van der Waals surface area contributed by atoms with E-state index in [4.69, 9.17) is 5.26 Å². The molecule has 1 amide bonds. The molecule has 0 aliphatic rings. The van der Waals surface area contributed by atoms with E-state index in [0.29, 0.717) is 5.56 Å². The van der Waals surface area contributed by atoms with E-state index in [9.17, 15) is 23.1 Å². The van der Waals surface area contributed by atoms with Gasteiger partial charge in [0.05, 0.1) is 18.2 Å². The second kappa shape index (κ2) is 6.72. The number of rotatable bonds is 4. The fraction of sp³-hybridized carbons (Fsp3) is 0.176. The van der Waals surface area contributed by atoms with Gasteiger partial charge < -0.3 is 10.4 Å². The standard InChI is InChI=1S/C17H13F3N2O2/c18-17(19,20)16(24,14-4-2-1-3-5-14)11-22-15(23)13-8-6-12(10-21)7-9-13/h1-9,24H,11H2,(H,22,23). The Hall–Kier alpha value is -2.85. The summed E-state index contributed by atoms with van der Waals surface area (Å²) in [5, 5.41) is 20.9. The largest absolute Gasteiger partial charge is 0.423 e. The third-order valence-electron chi connectivity index (χ3n) is 3.50. The Labute approximate surface area is 136 Å². The van der Waals surface area contributed by atoms with Crippen molar-refractivity contribution in [3.8, 4) is 6.07 Å². The van der Waals surface area contributed by atoms with E-state index in [0.717, 1.165) is 12.1 Å². The molecule has 0 aliphatic carbocycles. The molecule has 0 heterocycles. The number of hydrogen-bond acceptors (Lipinski definition) is 3. The summed E-state index contributed by atoms with van der Waals surface area (Å²) < 4.78 is 39.9. The maximum absolute atomic E-state index is 13.3. The van der Waals surface area contributed by atoms with Crippen LogP contribution in [0.3, 0.4) is 0 Å². The summed E-state index contributed by atoms with van der Waals surface area (Å²) in [6, 6.07) is 13.8. The maximum atomic E-state index is 13.3. The average Bonchev–Trinajstić information content (AvgIpc) is 2.59. The number of nitrogens with zero attached hydrogens (tertiary/aromatic N) is 1. The van der Waals surface area contributed by atoms with Gasteiger partial charge in [0.1, 0.15) is 0 Å². The number of nitrogens with one attached hydrogen (secondary N) is 1. The number of carbonyl (C=O) groups excluding carboxylic acids is 1. The molecule has 24 heavy (non-hydrogen) atoms. The van der Waals surface area contributed by atoms with Gasteiger partial charge in [-0.15, -0.1) is 0 Å². The lowest BCUT2D eigenvalue weighted by atomic mass is 9.93. The van der Waals surface area contributed by atoms with Crippen LogP contribution in [-0.2, 0) is 5.60 Å². The third-order valence-corrected chi connectivity index (χ3v) is 3.50. The molecule has 0 spiro atoms. The van der Waals surface area contributed by atoms with Crippen molar-refractivity contribution in [3.63, 3.8) is 0 Å². The number of alkyl halides is 3. The summed E-state index contributed by atoms with van der Waals surface area (Å²) >= 11 is 0. The van der Waals surface area contributed by atoms with Gasteiger partial charge in [-0.3, -0.25) is 4.79 Å². The molecule has 2 rings (SSSR count). The minimum atomic E-state index is -4.97. The van der Waals surface area contributed by atoms with Gasteiger partial charge in [0.25, 0.3) is 5.91 Å². The summed E-state index contributed by atoms with van der Waals surface area (Å²) in [6.07, 6.45) is -4.97. The molecule has 0 radical (unpaired) electrons. The number of halogens is 3. The molecule has 4 nitrogen and oxygen atoms in total. The van der Waals surface area contributed by atoms with Crippen molar-refractivity contribution in [1.29, 1.82) is 5.26 Å². The van der Waals surface area contributed by atoms with Crippen molar-refractivity contribution in [1.82, 2.24) is 5.32 Å². The summed E-state index contributed by atoms with van der Waals surface area (Å²) in [5.74, 6) is -0.780. The molecular weight excluding hydrogens is 321 g/mol. The SMILES string of the molecule is N#Cc1ccc(C(=O)NCC(O)(c2ccccc2)C(F)(F)F)cc1. The molecule has 2 aromatic carbocycles. The molecule has 1 unspecified atom stereocenters. The van der Waals surface area contributed by atoms with Crippen LogP contribution >= 0.6 is 0 Å². The lowest BCUT2D eigenvalue weighted by Crippen LogP contribution is -2.51. The van der Waals surface area contributed by atoms with Gasteiger partial charge in [0, 0.05) is 5.56 Å². The van der Waals surface area contributed by atoms with Crippen LogP contribution in [0.1, 0.15) is 21.5 Å². The summed E-state index contributed by atoms with van der Waals surface area (Å²) in [5.41, 5.74) is -3.15. The van der Waals surface area contributed by atoms with Crippen LogP contribution in [0.15, 0.2) is 54.6 Å². The highest BCUT2D eigenvalue weighted by Gasteiger charge is 2.55. The molecule has 0 saturated heterocycles. The van der Waals surface area contributed by atoms with Crippen molar-refractivity contribution < 1.29 is 23.1 Å². The van der Waals surface area contributed by atoms with Crippen LogP contribution in [0.4, 0.5) is 13.2 Å². The molecule has 0 aliphatic heterocycles. The first-order chi connectivity index (χ1) is 11.3. The molecule has 0 bridgehead atoms. The Morgan fingerprint density at radius 3 is 2.17 bits per heavy atom. The number of benzene rings is 2. The fourth-order valence-corrected chi connectivity index (χ4v) is 2.09. The Balaban J connectivity index is 2.19. The number of carbonyl (C=O) groups is 1. The predicted molar refractivity (Wildman–Crippen MR) is 79.9 cm³/mol. The molecular formula is C17H13F3N2O2. The maximum Gasteiger partial charge on any atom is 0.423 e. The lowest BCUT2D eigenvalue weighted by molar-refractivity contribution is -0.263. The Kier molecular flexibility index (Phi) is 4.90. The first-order valence-electron chi connectivity index (χ1n) is 6.91. The lowest BCUT2D eigenvalue weighted by Gasteiger charge is -2.31. The molecule has 2 N–H and O–H groups in total. The highest BCUT2D eigenvalue weighted by Crippen LogP contribution is 2.38. The number of aliphatic hydroxyl groups is 1. The van der Waals surface area contributed by atoms with E-state index in [1.807, 2.05) is 6.07 Å². The van der Waals surface area contributed by atoms with E-state index in [-0.39, 0.29) is 11.1 Å². The normalized spacial score (nSPS) is 13.6. The van der Waals surface area contributed by atoms with Gasteiger partial charge in [-0.2, -0.15) is 18.4 Å². The van der Waals surface area contributed by atoms with E-state index in [2.05, 4.69) is 5.32 Å². The smallest absolute Gasteiger partial charge is 0.375 e. The zero-order valence-electron chi connectivity index (χ0n) is 12.3. The highest BCUT2D eigenvalue weighted by molar-refractivity contribution is 5.94. The van der Waals surface area contributed by atoms with E-state index >= 15 is 0 Å². The van der Waals surface area contributed by atoms with Crippen molar-refractivity contribution in [3.05, 3.63) is 71.3 Å². The van der Waals surface area contributed by atoms with Crippen LogP contribution < -0.4 is 5.32 Å². The monoisotopic (exact) mass is 334 g/mol. The van der Waals surface area contributed by atoms with E-state index in [1.165, 1.54) is 42.5 Å². The summed E-state index contributed by atoms with van der Waals surface area (Å²) in [6.45, 7) is -1.03. The average molecular weight is 334 g/mol. The van der Waals surface area contributed by atoms with Crippen LogP contribution in [0.2, 0.25) is 0 Å². The number of nitriles is 1. The summed E-state index contributed by atoms with van der Waals surface area (Å²) in [7, 11) is 0. The van der Waals surface area contributed by atoms with Crippen LogP contribution in [0.25, 0.3) is 0 Å². The molecule has 124 valence electrons. The zero-order valence-corrected chi connectivity index (χ0v) is 12.3. The van der Waals surface area contributed by atoms with Crippen LogP contribution in [0, 0.1) is 11.3 Å². The topological polar surface area (TPSA) is 73.1 Å². The first-order valence-corrected chi connectivity index (χ1v) is 6.91. The predicted octanol–water partition coefficient (Wildman–Crippen LogP) is 2.74. The van der Waals surface area contributed by atoms with Gasteiger partial charge in [-0.1, -0.05) is 30.3 Å². The van der Waals surface area contributed by atoms with Crippen LogP contribution in [-0.4, -0.2) is 23.7 Å². The van der Waals surface area contributed by atoms with Gasteiger partial charge in [-0.05, 0) is 29.8 Å². The van der Waals surface area contributed by atoms with Gasteiger partial charge in [0.2, 0.25) is 5.60 Å². The van der Waals surface area contributed by atoms with E-state index in [1.54, 1.807) is 0 Å². The Morgan fingerprint density at radius 2 is 1.67 bits per heavy atom. The second-order valence-electron chi connectivity index (χ2n) is 5.10. The first kappa shape index (κ1) is 17.5. The van der Waals surface area contributed by atoms with Gasteiger partial charge >= 0.3 is 6.18 Å². The second-order valence-corrected chi connectivity index (χ2v) is 5.10. The molecule has 1 atom stereocenters. The third kappa shape index (κ3) is 3.55. The summed E-state index contributed by atoms with van der Waals surface area (Å²) in [4.78, 5) is 12.0. The van der Waals surface area contributed by atoms with Gasteiger partial charge in [-0.25, -0.2) is 0 Å². The van der Waals surface area contributed by atoms with E-state index < -0.39 is 24.2 Å². The van der Waals surface area contributed by atoms with Crippen molar-refractivity contribution in [2.45, 2.75) is 11.8 Å². The molecule has 0 aromatic heterocycles. The molecule has 0 saturated carbocycles.